The van der Waals surface area contributed by atoms with Gasteiger partial charge in [0.25, 0.3) is 0 Å². The highest BCUT2D eigenvalue weighted by Crippen LogP contribution is 2.04. The average molecular weight is 199 g/mol. The van der Waals surface area contributed by atoms with E-state index in [0.29, 0.717) is 6.42 Å². The third-order valence-corrected chi connectivity index (χ3v) is 2.15. The molecule has 5 nitrogen and oxygen atoms in total. The maximum absolute atomic E-state index is 5.90. The molecule has 1 unspecified atom stereocenters. The third kappa shape index (κ3) is 2.54. The molecule has 1 heterocycles. The van der Waals surface area contributed by atoms with Gasteiger partial charge in [-0.15, -0.1) is 0 Å². The number of aryl methyl sites for hydroxylation is 1. The Bertz CT molecular complexity index is 271. The largest absolute Gasteiger partial charge is 0.354 e. The van der Waals surface area contributed by atoms with Gasteiger partial charge in [0.05, 0.1) is 6.04 Å². The van der Waals surface area contributed by atoms with Gasteiger partial charge in [-0.05, 0) is 0 Å². The second-order valence-electron chi connectivity index (χ2n) is 3.16. The molecule has 14 heavy (non-hydrogen) atoms. The van der Waals surface area contributed by atoms with Crippen molar-refractivity contribution >= 4 is 0 Å². The molecular weight excluding hydrogens is 182 g/mol. The number of rotatable bonds is 5. The number of nitrogens with zero attached hydrogens (tertiary/aromatic N) is 2. The lowest BCUT2D eigenvalue weighted by Gasteiger charge is -2.20. The summed E-state index contributed by atoms with van der Waals surface area (Å²) < 4.78 is 12.1. The number of methoxy groups -OCH3 is 2. The Balaban J connectivity index is 2.56. The fourth-order valence-electron chi connectivity index (χ4n) is 1.35. The smallest absolute Gasteiger partial charge is 0.172 e. The molecule has 5 heteroatoms. The highest BCUT2D eigenvalue weighted by Gasteiger charge is 2.18. The molecule has 0 spiro atoms. The summed E-state index contributed by atoms with van der Waals surface area (Å²) in [5.41, 5.74) is 5.90. The van der Waals surface area contributed by atoms with E-state index in [0.717, 1.165) is 5.82 Å². The number of aromatic nitrogens is 2. The number of imidazole rings is 1. The first-order valence-electron chi connectivity index (χ1n) is 4.46. The first kappa shape index (κ1) is 11.2. The normalized spacial score (nSPS) is 13.5. The lowest BCUT2D eigenvalue weighted by Crippen LogP contribution is -2.39. The summed E-state index contributed by atoms with van der Waals surface area (Å²) in [7, 11) is 5.09. The van der Waals surface area contributed by atoms with E-state index in [-0.39, 0.29) is 12.3 Å². The van der Waals surface area contributed by atoms with Crippen molar-refractivity contribution in [3.63, 3.8) is 0 Å². The summed E-state index contributed by atoms with van der Waals surface area (Å²) in [5, 5.41) is 0. The number of ether oxygens (including phenoxy) is 2. The minimum absolute atomic E-state index is 0.203. The van der Waals surface area contributed by atoms with Crippen molar-refractivity contribution in [3.05, 3.63) is 18.2 Å². The van der Waals surface area contributed by atoms with Crippen LogP contribution in [0.1, 0.15) is 5.82 Å². The molecule has 0 aliphatic heterocycles. The van der Waals surface area contributed by atoms with E-state index in [4.69, 9.17) is 15.2 Å². The first-order valence-corrected chi connectivity index (χ1v) is 4.46. The number of nitrogens with two attached hydrogens (primary N) is 1. The predicted molar refractivity (Wildman–Crippen MR) is 52.7 cm³/mol. The van der Waals surface area contributed by atoms with Crippen molar-refractivity contribution in [1.82, 2.24) is 9.55 Å². The van der Waals surface area contributed by atoms with Crippen LogP contribution in [-0.2, 0) is 22.9 Å². The van der Waals surface area contributed by atoms with Gasteiger partial charge in [0.2, 0.25) is 0 Å². The molecule has 0 fully saturated rings. The van der Waals surface area contributed by atoms with Gasteiger partial charge in [-0.25, -0.2) is 4.98 Å². The van der Waals surface area contributed by atoms with Crippen LogP contribution >= 0.6 is 0 Å². The molecule has 0 aromatic carbocycles. The molecule has 0 aliphatic carbocycles. The molecule has 0 bridgehead atoms. The monoisotopic (exact) mass is 199 g/mol. The molecule has 0 saturated heterocycles. The van der Waals surface area contributed by atoms with Crippen LogP contribution in [-0.4, -0.2) is 36.1 Å². The van der Waals surface area contributed by atoms with Gasteiger partial charge < -0.3 is 19.8 Å². The quantitative estimate of drug-likeness (QED) is 0.673. The third-order valence-electron chi connectivity index (χ3n) is 2.15. The number of hydrogen-bond donors (Lipinski definition) is 1. The summed E-state index contributed by atoms with van der Waals surface area (Å²) in [5.74, 6) is 0.927. The Morgan fingerprint density at radius 1 is 1.50 bits per heavy atom. The van der Waals surface area contributed by atoms with Gasteiger partial charge in [0.15, 0.2) is 6.29 Å². The predicted octanol–water partition coefficient (Wildman–Crippen LogP) is -0.0912. The lowest BCUT2D eigenvalue weighted by atomic mass is 10.2. The first-order chi connectivity index (χ1) is 6.69. The molecule has 0 saturated carbocycles. The van der Waals surface area contributed by atoms with Crippen molar-refractivity contribution < 1.29 is 9.47 Å². The van der Waals surface area contributed by atoms with E-state index in [9.17, 15) is 0 Å². The van der Waals surface area contributed by atoms with Gasteiger partial charge in [-0.1, -0.05) is 0 Å². The van der Waals surface area contributed by atoms with Crippen molar-refractivity contribution in [2.45, 2.75) is 18.8 Å². The molecule has 0 amide bonds. The van der Waals surface area contributed by atoms with Crippen molar-refractivity contribution in [2.24, 2.45) is 12.8 Å². The maximum atomic E-state index is 5.90. The minimum atomic E-state index is -0.383. The summed E-state index contributed by atoms with van der Waals surface area (Å²) in [6.45, 7) is 0. The lowest BCUT2D eigenvalue weighted by molar-refractivity contribution is -0.116. The average Bonchev–Trinajstić information content (AvgIpc) is 2.54. The molecule has 1 aromatic rings. The summed E-state index contributed by atoms with van der Waals surface area (Å²) in [4.78, 5) is 4.18. The molecular formula is C9H17N3O2. The zero-order chi connectivity index (χ0) is 10.6. The highest BCUT2D eigenvalue weighted by atomic mass is 16.7. The maximum Gasteiger partial charge on any atom is 0.172 e. The van der Waals surface area contributed by atoms with Gasteiger partial charge in [-0.3, -0.25) is 0 Å². The van der Waals surface area contributed by atoms with Gasteiger partial charge >= 0.3 is 0 Å². The van der Waals surface area contributed by atoms with Crippen LogP contribution in [0.5, 0.6) is 0 Å². The van der Waals surface area contributed by atoms with E-state index < -0.39 is 0 Å². The fraction of sp³-hybridized carbons (Fsp3) is 0.667. The topological polar surface area (TPSA) is 62.3 Å². The zero-order valence-corrected chi connectivity index (χ0v) is 8.80. The molecule has 1 atom stereocenters. The van der Waals surface area contributed by atoms with Crippen LogP contribution in [0, 0.1) is 0 Å². The molecule has 80 valence electrons. The van der Waals surface area contributed by atoms with E-state index in [1.807, 2.05) is 17.8 Å². The van der Waals surface area contributed by atoms with Crippen molar-refractivity contribution in [3.8, 4) is 0 Å². The molecule has 1 aromatic heterocycles. The Labute approximate surface area is 83.8 Å². The second kappa shape index (κ2) is 5.09. The Kier molecular flexibility index (Phi) is 4.06. The Morgan fingerprint density at radius 3 is 2.57 bits per heavy atom. The van der Waals surface area contributed by atoms with Gasteiger partial charge in [0, 0.05) is 40.1 Å². The van der Waals surface area contributed by atoms with Gasteiger partial charge in [0.1, 0.15) is 5.82 Å². The summed E-state index contributed by atoms with van der Waals surface area (Å²) in [6.07, 6.45) is 3.88. The standard InChI is InChI=1S/C9H17N3O2/c1-12-5-4-11-8(12)6-7(10)9(13-2)14-3/h4-5,7,9H,6,10H2,1-3H3. The zero-order valence-electron chi connectivity index (χ0n) is 8.80. The second-order valence-corrected chi connectivity index (χ2v) is 3.16. The fourth-order valence-corrected chi connectivity index (χ4v) is 1.35. The van der Waals surface area contributed by atoms with E-state index >= 15 is 0 Å². The van der Waals surface area contributed by atoms with Crippen LogP contribution < -0.4 is 5.73 Å². The minimum Gasteiger partial charge on any atom is -0.354 e. The molecule has 0 radical (unpaired) electrons. The number of hydrogen-bond acceptors (Lipinski definition) is 4. The molecule has 2 N–H and O–H groups in total. The van der Waals surface area contributed by atoms with E-state index in [2.05, 4.69) is 4.98 Å². The van der Waals surface area contributed by atoms with Crippen molar-refractivity contribution in [1.29, 1.82) is 0 Å². The Hall–Kier alpha value is -0.910. The summed E-state index contributed by atoms with van der Waals surface area (Å²) in [6, 6.07) is -0.203. The molecule has 0 aliphatic rings. The van der Waals surface area contributed by atoms with Crippen LogP contribution in [0.2, 0.25) is 0 Å². The Morgan fingerprint density at radius 2 is 2.14 bits per heavy atom. The van der Waals surface area contributed by atoms with Crippen LogP contribution in [0.15, 0.2) is 12.4 Å². The molecule has 1 rings (SSSR count). The van der Waals surface area contributed by atoms with Crippen LogP contribution in [0.3, 0.4) is 0 Å². The van der Waals surface area contributed by atoms with Crippen molar-refractivity contribution in [2.75, 3.05) is 14.2 Å². The highest BCUT2D eigenvalue weighted by molar-refractivity contribution is 4.94. The van der Waals surface area contributed by atoms with E-state index in [1.54, 1.807) is 20.4 Å². The summed E-state index contributed by atoms with van der Waals surface area (Å²) >= 11 is 0. The van der Waals surface area contributed by atoms with Gasteiger partial charge in [-0.2, -0.15) is 0 Å². The van der Waals surface area contributed by atoms with E-state index in [1.165, 1.54) is 0 Å². The van der Waals surface area contributed by atoms with Crippen LogP contribution in [0.4, 0.5) is 0 Å². The SMILES string of the molecule is COC(OC)C(N)Cc1nccn1C. The van der Waals surface area contributed by atoms with Crippen LogP contribution in [0.25, 0.3) is 0 Å².